The van der Waals surface area contributed by atoms with Crippen molar-refractivity contribution in [2.75, 3.05) is 18.6 Å². The molecular formula is C14H20N2O2. The van der Waals surface area contributed by atoms with E-state index in [1.807, 2.05) is 38.2 Å². The highest BCUT2D eigenvalue weighted by Crippen LogP contribution is 2.23. The Morgan fingerprint density at radius 2 is 2.11 bits per heavy atom. The first-order valence-electron chi connectivity index (χ1n) is 6.30. The van der Waals surface area contributed by atoms with Gasteiger partial charge in [-0.3, -0.25) is 4.79 Å². The number of amides is 1. The van der Waals surface area contributed by atoms with Gasteiger partial charge in [0.15, 0.2) is 0 Å². The number of nitrogens with two attached hydrogens (primary N) is 1. The zero-order valence-electron chi connectivity index (χ0n) is 10.9. The van der Waals surface area contributed by atoms with Gasteiger partial charge in [-0.25, -0.2) is 0 Å². The third-order valence-electron chi connectivity index (χ3n) is 3.44. The lowest BCUT2D eigenvalue weighted by molar-refractivity contribution is -0.122. The molecule has 0 aromatic heterocycles. The smallest absolute Gasteiger partial charge is 0.232 e. The van der Waals surface area contributed by atoms with Crippen LogP contribution in [0.25, 0.3) is 0 Å². The van der Waals surface area contributed by atoms with Crippen LogP contribution in [-0.4, -0.2) is 25.7 Å². The highest BCUT2D eigenvalue weighted by Gasteiger charge is 2.30. The van der Waals surface area contributed by atoms with Crippen molar-refractivity contribution in [2.24, 2.45) is 11.7 Å². The van der Waals surface area contributed by atoms with Gasteiger partial charge in [-0.05, 0) is 31.0 Å². The van der Waals surface area contributed by atoms with Crippen molar-refractivity contribution in [2.45, 2.75) is 26.0 Å². The normalized spacial score (nSPS) is 23.1. The Kier molecular flexibility index (Phi) is 3.99. The van der Waals surface area contributed by atoms with Gasteiger partial charge in [-0.2, -0.15) is 0 Å². The highest BCUT2D eigenvalue weighted by atomic mass is 16.5. The van der Waals surface area contributed by atoms with Crippen LogP contribution in [0, 0.1) is 5.92 Å². The van der Waals surface area contributed by atoms with E-state index in [9.17, 15) is 4.79 Å². The molecule has 1 saturated heterocycles. The van der Waals surface area contributed by atoms with E-state index in [4.69, 9.17) is 10.5 Å². The molecule has 98 valence electrons. The van der Waals surface area contributed by atoms with Gasteiger partial charge in [-0.1, -0.05) is 12.1 Å². The zero-order valence-corrected chi connectivity index (χ0v) is 10.9. The standard InChI is InChI=1S/C14H20N2O2/c1-10-7-12(9-18-10)14(17)16(2)13-5-3-11(8-15)4-6-13/h3-6,10,12H,7-9,15H2,1-2H3. The maximum atomic E-state index is 12.3. The lowest BCUT2D eigenvalue weighted by atomic mass is 10.0. The van der Waals surface area contributed by atoms with E-state index in [1.54, 1.807) is 4.90 Å². The summed E-state index contributed by atoms with van der Waals surface area (Å²) in [6.07, 6.45) is 0.997. The largest absolute Gasteiger partial charge is 0.378 e. The van der Waals surface area contributed by atoms with Crippen LogP contribution in [0.4, 0.5) is 5.69 Å². The maximum absolute atomic E-state index is 12.3. The third kappa shape index (κ3) is 2.71. The summed E-state index contributed by atoms with van der Waals surface area (Å²) in [7, 11) is 1.81. The van der Waals surface area contributed by atoms with Crippen LogP contribution in [0.3, 0.4) is 0 Å². The molecule has 0 saturated carbocycles. The quantitative estimate of drug-likeness (QED) is 0.882. The van der Waals surface area contributed by atoms with Gasteiger partial charge in [0, 0.05) is 19.3 Å². The van der Waals surface area contributed by atoms with E-state index in [1.165, 1.54) is 0 Å². The monoisotopic (exact) mass is 248 g/mol. The minimum atomic E-state index is -0.0146. The van der Waals surface area contributed by atoms with E-state index in [0.29, 0.717) is 13.2 Å². The fourth-order valence-corrected chi connectivity index (χ4v) is 2.25. The fourth-order valence-electron chi connectivity index (χ4n) is 2.25. The predicted molar refractivity (Wildman–Crippen MR) is 71.3 cm³/mol. The van der Waals surface area contributed by atoms with Crippen LogP contribution in [0.5, 0.6) is 0 Å². The van der Waals surface area contributed by atoms with E-state index < -0.39 is 0 Å². The molecule has 1 heterocycles. The molecule has 2 N–H and O–H groups in total. The van der Waals surface area contributed by atoms with E-state index in [-0.39, 0.29) is 17.9 Å². The van der Waals surface area contributed by atoms with Crippen LogP contribution in [0.2, 0.25) is 0 Å². The second-order valence-corrected chi connectivity index (χ2v) is 4.84. The highest BCUT2D eigenvalue weighted by molar-refractivity contribution is 5.94. The molecule has 2 atom stereocenters. The topological polar surface area (TPSA) is 55.6 Å². The Balaban J connectivity index is 2.05. The van der Waals surface area contributed by atoms with Crippen molar-refractivity contribution >= 4 is 11.6 Å². The number of nitrogens with zero attached hydrogens (tertiary/aromatic N) is 1. The first kappa shape index (κ1) is 13.1. The average molecular weight is 248 g/mol. The lowest BCUT2D eigenvalue weighted by Gasteiger charge is -2.20. The minimum absolute atomic E-state index is 0.0146. The number of benzene rings is 1. The summed E-state index contributed by atoms with van der Waals surface area (Å²) >= 11 is 0. The van der Waals surface area contributed by atoms with Gasteiger partial charge < -0.3 is 15.4 Å². The molecule has 1 aliphatic heterocycles. The molecule has 1 aromatic carbocycles. The van der Waals surface area contributed by atoms with Crippen LogP contribution >= 0.6 is 0 Å². The lowest BCUT2D eigenvalue weighted by Crippen LogP contribution is -2.33. The first-order chi connectivity index (χ1) is 8.61. The van der Waals surface area contributed by atoms with E-state index >= 15 is 0 Å². The average Bonchev–Trinajstić information content (AvgIpc) is 2.84. The fraction of sp³-hybridized carbons (Fsp3) is 0.500. The molecule has 1 amide bonds. The molecule has 1 fully saturated rings. The number of hydrogen-bond donors (Lipinski definition) is 1. The van der Waals surface area contributed by atoms with Gasteiger partial charge in [0.05, 0.1) is 18.6 Å². The van der Waals surface area contributed by atoms with Crippen molar-refractivity contribution in [1.82, 2.24) is 0 Å². The summed E-state index contributed by atoms with van der Waals surface area (Å²) in [5.74, 6) is 0.110. The molecule has 1 aliphatic rings. The predicted octanol–water partition coefficient (Wildman–Crippen LogP) is 1.53. The summed E-state index contributed by atoms with van der Waals surface area (Å²) in [5.41, 5.74) is 7.52. The maximum Gasteiger partial charge on any atom is 0.232 e. The SMILES string of the molecule is CC1CC(C(=O)N(C)c2ccc(CN)cc2)CO1. The summed E-state index contributed by atoms with van der Waals surface area (Å²) in [6.45, 7) is 3.06. The van der Waals surface area contributed by atoms with Crippen molar-refractivity contribution in [3.8, 4) is 0 Å². The summed E-state index contributed by atoms with van der Waals surface area (Å²) in [4.78, 5) is 14.0. The molecule has 0 bridgehead atoms. The number of anilines is 1. The molecule has 0 spiro atoms. The van der Waals surface area contributed by atoms with Crippen LogP contribution < -0.4 is 10.6 Å². The number of carbonyl (C=O) groups is 1. The third-order valence-corrected chi connectivity index (χ3v) is 3.44. The summed E-state index contributed by atoms with van der Waals surface area (Å²) in [5, 5.41) is 0. The molecule has 2 unspecified atom stereocenters. The van der Waals surface area contributed by atoms with Gasteiger partial charge in [0.1, 0.15) is 0 Å². The van der Waals surface area contributed by atoms with Crippen LogP contribution in [-0.2, 0) is 16.1 Å². The second-order valence-electron chi connectivity index (χ2n) is 4.84. The Morgan fingerprint density at radius 1 is 1.44 bits per heavy atom. The Hall–Kier alpha value is -1.39. The summed E-state index contributed by atoms with van der Waals surface area (Å²) < 4.78 is 5.45. The second kappa shape index (κ2) is 5.50. The molecule has 0 radical (unpaired) electrons. The van der Waals surface area contributed by atoms with Crippen molar-refractivity contribution in [3.63, 3.8) is 0 Å². The van der Waals surface area contributed by atoms with Gasteiger partial charge in [0.25, 0.3) is 0 Å². The van der Waals surface area contributed by atoms with Crippen LogP contribution in [0.15, 0.2) is 24.3 Å². The number of hydrogen-bond acceptors (Lipinski definition) is 3. The number of ether oxygens (including phenoxy) is 1. The van der Waals surface area contributed by atoms with Gasteiger partial charge >= 0.3 is 0 Å². The Morgan fingerprint density at radius 3 is 2.61 bits per heavy atom. The van der Waals surface area contributed by atoms with E-state index in [2.05, 4.69) is 0 Å². The van der Waals surface area contributed by atoms with Crippen molar-refractivity contribution in [1.29, 1.82) is 0 Å². The number of carbonyl (C=O) groups excluding carboxylic acids is 1. The van der Waals surface area contributed by atoms with Crippen LogP contribution in [0.1, 0.15) is 18.9 Å². The molecule has 18 heavy (non-hydrogen) atoms. The zero-order chi connectivity index (χ0) is 13.1. The first-order valence-corrected chi connectivity index (χ1v) is 6.30. The number of rotatable bonds is 3. The van der Waals surface area contributed by atoms with Crippen molar-refractivity contribution < 1.29 is 9.53 Å². The van der Waals surface area contributed by atoms with Gasteiger partial charge in [0.2, 0.25) is 5.91 Å². The molecule has 0 aliphatic carbocycles. The molecule has 2 rings (SSSR count). The van der Waals surface area contributed by atoms with Gasteiger partial charge in [-0.15, -0.1) is 0 Å². The molecule has 1 aromatic rings. The summed E-state index contributed by atoms with van der Waals surface area (Å²) in [6, 6.07) is 7.76. The molecule has 4 heteroatoms. The molecule has 4 nitrogen and oxygen atoms in total. The Labute approximate surface area is 108 Å². The van der Waals surface area contributed by atoms with E-state index in [0.717, 1.165) is 17.7 Å². The van der Waals surface area contributed by atoms with Crippen molar-refractivity contribution in [3.05, 3.63) is 29.8 Å². The minimum Gasteiger partial charge on any atom is -0.378 e. The molecular weight excluding hydrogens is 228 g/mol. The Bertz CT molecular complexity index is 416.